The molecule has 0 bridgehead atoms. The van der Waals surface area contributed by atoms with Gasteiger partial charge in [0.25, 0.3) is 0 Å². The van der Waals surface area contributed by atoms with Crippen LogP contribution in [0.3, 0.4) is 0 Å². The van der Waals surface area contributed by atoms with Crippen molar-refractivity contribution in [2.45, 2.75) is 25.7 Å². The minimum Gasteiger partial charge on any atom is -0.481 e. The van der Waals surface area contributed by atoms with Gasteiger partial charge in [0.2, 0.25) is 0 Å². The van der Waals surface area contributed by atoms with Gasteiger partial charge in [-0.2, -0.15) is 0 Å². The molecule has 98 valence electrons. The van der Waals surface area contributed by atoms with Crippen LogP contribution >= 0.6 is 15.9 Å². The van der Waals surface area contributed by atoms with E-state index in [9.17, 15) is 9.90 Å². The SMILES string of the molecule is O=C(O)C1(CNCCc2ccc(Br)cc2)CCC1. The number of halogens is 1. The lowest BCUT2D eigenvalue weighted by Gasteiger charge is -2.37. The zero-order chi connectivity index (χ0) is 13.0. The van der Waals surface area contributed by atoms with E-state index in [1.165, 1.54) is 5.56 Å². The normalized spacial score (nSPS) is 17.2. The fourth-order valence-corrected chi connectivity index (χ4v) is 2.55. The van der Waals surface area contributed by atoms with Gasteiger partial charge in [0.15, 0.2) is 0 Å². The lowest BCUT2D eigenvalue weighted by Crippen LogP contribution is -2.46. The molecule has 3 nitrogen and oxygen atoms in total. The van der Waals surface area contributed by atoms with Crippen LogP contribution in [0.4, 0.5) is 0 Å². The van der Waals surface area contributed by atoms with Crippen LogP contribution in [-0.4, -0.2) is 24.2 Å². The van der Waals surface area contributed by atoms with Crippen molar-refractivity contribution in [3.8, 4) is 0 Å². The third kappa shape index (κ3) is 3.12. The Morgan fingerprint density at radius 1 is 1.33 bits per heavy atom. The van der Waals surface area contributed by atoms with Gasteiger partial charge in [-0.3, -0.25) is 4.79 Å². The second-order valence-electron chi connectivity index (χ2n) is 4.99. The van der Waals surface area contributed by atoms with Crippen molar-refractivity contribution in [2.24, 2.45) is 5.41 Å². The van der Waals surface area contributed by atoms with Crippen molar-refractivity contribution in [1.82, 2.24) is 5.32 Å². The first-order valence-corrected chi connectivity index (χ1v) is 7.10. The van der Waals surface area contributed by atoms with Crippen molar-refractivity contribution in [3.63, 3.8) is 0 Å². The van der Waals surface area contributed by atoms with E-state index < -0.39 is 11.4 Å². The second-order valence-corrected chi connectivity index (χ2v) is 5.91. The minimum atomic E-state index is -0.648. The molecular weight excluding hydrogens is 294 g/mol. The van der Waals surface area contributed by atoms with Crippen molar-refractivity contribution in [2.75, 3.05) is 13.1 Å². The topological polar surface area (TPSA) is 49.3 Å². The van der Waals surface area contributed by atoms with Gasteiger partial charge >= 0.3 is 5.97 Å². The summed E-state index contributed by atoms with van der Waals surface area (Å²) in [7, 11) is 0. The summed E-state index contributed by atoms with van der Waals surface area (Å²) in [6.45, 7) is 1.43. The Morgan fingerprint density at radius 2 is 2.00 bits per heavy atom. The molecule has 1 aliphatic rings. The first-order chi connectivity index (χ1) is 8.62. The number of benzene rings is 1. The molecule has 1 fully saturated rings. The molecule has 2 rings (SSSR count). The first kappa shape index (κ1) is 13.6. The van der Waals surface area contributed by atoms with Crippen molar-refractivity contribution >= 4 is 21.9 Å². The van der Waals surface area contributed by atoms with Crippen molar-refractivity contribution in [3.05, 3.63) is 34.3 Å². The molecule has 0 spiro atoms. The van der Waals surface area contributed by atoms with Gasteiger partial charge in [-0.1, -0.05) is 34.5 Å². The van der Waals surface area contributed by atoms with Crippen LogP contribution in [0.2, 0.25) is 0 Å². The zero-order valence-electron chi connectivity index (χ0n) is 10.3. The average Bonchev–Trinajstić information content (AvgIpc) is 2.29. The quantitative estimate of drug-likeness (QED) is 0.794. The Hall–Kier alpha value is -0.870. The predicted octanol–water partition coefficient (Wildman–Crippen LogP) is 2.84. The molecule has 0 heterocycles. The smallest absolute Gasteiger partial charge is 0.310 e. The first-order valence-electron chi connectivity index (χ1n) is 6.31. The van der Waals surface area contributed by atoms with Gasteiger partial charge in [0.1, 0.15) is 0 Å². The van der Waals surface area contributed by atoms with Crippen LogP contribution in [0.5, 0.6) is 0 Å². The maximum atomic E-state index is 11.2. The molecule has 0 aliphatic heterocycles. The fourth-order valence-electron chi connectivity index (χ4n) is 2.28. The van der Waals surface area contributed by atoms with E-state index >= 15 is 0 Å². The molecule has 0 amide bonds. The van der Waals surface area contributed by atoms with Gasteiger partial charge in [0.05, 0.1) is 5.41 Å². The summed E-state index contributed by atoms with van der Waals surface area (Å²) in [5.41, 5.74) is 0.781. The van der Waals surface area contributed by atoms with Crippen LogP contribution < -0.4 is 5.32 Å². The highest BCUT2D eigenvalue weighted by Gasteiger charge is 2.43. The summed E-state index contributed by atoms with van der Waals surface area (Å²) >= 11 is 3.41. The van der Waals surface area contributed by atoms with Crippen molar-refractivity contribution in [1.29, 1.82) is 0 Å². The van der Waals surface area contributed by atoms with Crippen molar-refractivity contribution < 1.29 is 9.90 Å². The van der Waals surface area contributed by atoms with E-state index in [2.05, 4.69) is 33.4 Å². The Labute approximate surface area is 116 Å². The predicted molar refractivity (Wildman–Crippen MR) is 74.6 cm³/mol. The summed E-state index contributed by atoms with van der Waals surface area (Å²) < 4.78 is 1.08. The van der Waals surface area contributed by atoms with E-state index in [1.54, 1.807) is 0 Å². The maximum Gasteiger partial charge on any atom is 0.310 e. The van der Waals surface area contributed by atoms with Crippen LogP contribution in [0.15, 0.2) is 28.7 Å². The summed E-state index contributed by atoms with van der Waals surface area (Å²) in [5, 5.41) is 12.5. The highest BCUT2D eigenvalue weighted by Crippen LogP contribution is 2.40. The number of carboxylic acid groups (broad SMARTS) is 1. The molecule has 4 heteroatoms. The molecule has 2 N–H and O–H groups in total. The van der Waals surface area contributed by atoms with Crippen LogP contribution in [0, 0.1) is 5.41 Å². The molecule has 0 radical (unpaired) electrons. The van der Waals surface area contributed by atoms with Crippen LogP contribution in [0.1, 0.15) is 24.8 Å². The molecule has 1 aromatic carbocycles. The third-order valence-corrected chi connectivity index (χ3v) is 4.26. The Kier molecular flexibility index (Phi) is 4.40. The Morgan fingerprint density at radius 3 is 2.50 bits per heavy atom. The molecule has 0 aromatic heterocycles. The zero-order valence-corrected chi connectivity index (χ0v) is 11.9. The molecule has 0 atom stereocenters. The van der Waals surface area contributed by atoms with E-state index in [1.807, 2.05) is 12.1 Å². The van der Waals surface area contributed by atoms with Gasteiger partial charge < -0.3 is 10.4 Å². The molecule has 18 heavy (non-hydrogen) atoms. The summed E-state index contributed by atoms with van der Waals surface area (Å²) in [4.78, 5) is 11.2. The lowest BCUT2D eigenvalue weighted by atomic mass is 9.69. The van der Waals surface area contributed by atoms with Gasteiger partial charge in [-0.25, -0.2) is 0 Å². The number of aliphatic carboxylic acids is 1. The second kappa shape index (κ2) is 5.85. The average molecular weight is 312 g/mol. The highest BCUT2D eigenvalue weighted by molar-refractivity contribution is 9.10. The van der Waals surface area contributed by atoms with E-state index in [0.29, 0.717) is 6.54 Å². The molecule has 1 aromatic rings. The van der Waals surface area contributed by atoms with E-state index in [4.69, 9.17) is 0 Å². The molecule has 0 unspecified atom stereocenters. The van der Waals surface area contributed by atoms with E-state index in [0.717, 1.165) is 36.7 Å². The number of hydrogen-bond acceptors (Lipinski definition) is 2. The summed E-state index contributed by atoms with van der Waals surface area (Å²) in [5.74, 6) is -0.648. The largest absolute Gasteiger partial charge is 0.481 e. The van der Waals surface area contributed by atoms with Crippen LogP contribution in [-0.2, 0) is 11.2 Å². The standard InChI is InChI=1S/C14H18BrNO2/c15-12-4-2-11(3-5-12)6-9-16-10-14(13(17)18)7-1-8-14/h2-5,16H,1,6-10H2,(H,17,18). The number of carbonyl (C=O) groups is 1. The molecule has 1 aliphatic carbocycles. The molecule has 0 saturated heterocycles. The summed E-state index contributed by atoms with van der Waals surface area (Å²) in [6.07, 6.45) is 3.60. The van der Waals surface area contributed by atoms with Gasteiger partial charge in [-0.15, -0.1) is 0 Å². The molecule has 1 saturated carbocycles. The Balaban J connectivity index is 1.73. The minimum absolute atomic E-state index is 0.486. The highest BCUT2D eigenvalue weighted by atomic mass is 79.9. The monoisotopic (exact) mass is 311 g/mol. The fraction of sp³-hybridized carbons (Fsp3) is 0.500. The number of nitrogens with one attached hydrogen (secondary N) is 1. The molecular formula is C14H18BrNO2. The number of hydrogen-bond donors (Lipinski definition) is 2. The van der Waals surface area contributed by atoms with E-state index in [-0.39, 0.29) is 0 Å². The van der Waals surface area contributed by atoms with Gasteiger partial charge in [-0.05, 0) is 43.5 Å². The van der Waals surface area contributed by atoms with Gasteiger partial charge in [0, 0.05) is 11.0 Å². The lowest BCUT2D eigenvalue weighted by molar-refractivity contribution is -0.154. The number of rotatable bonds is 6. The third-order valence-electron chi connectivity index (χ3n) is 3.73. The Bertz CT molecular complexity index is 412. The number of carboxylic acids is 1. The summed E-state index contributed by atoms with van der Waals surface area (Å²) in [6, 6.07) is 8.23. The maximum absolute atomic E-state index is 11.2. The van der Waals surface area contributed by atoms with Crippen LogP contribution in [0.25, 0.3) is 0 Å².